The van der Waals surface area contributed by atoms with Crippen LogP contribution in [0.4, 0.5) is 10.1 Å². The van der Waals surface area contributed by atoms with Gasteiger partial charge >= 0.3 is 0 Å². The summed E-state index contributed by atoms with van der Waals surface area (Å²) in [6.45, 7) is 1.83. The Bertz CT molecular complexity index is 914. The fourth-order valence-electron chi connectivity index (χ4n) is 2.87. The molecule has 0 atom stereocenters. The third-order valence-corrected chi connectivity index (χ3v) is 6.10. The van der Waals surface area contributed by atoms with Crippen LogP contribution in [0.3, 0.4) is 0 Å². The number of hydrogen-bond acceptors (Lipinski definition) is 4. The Labute approximate surface area is 162 Å². The number of rotatable bonds is 5. The van der Waals surface area contributed by atoms with E-state index in [9.17, 15) is 17.6 Å². The van der Waals surface area contributed by atoms with E-state index in [1.807, 2.05) is 24.3 Å². The largest absolute Gasteiger partial charge is 0.367 e. The molecule has 1 amide bonds. The van der Waals surface area contributed by atoms with Crippen molar-refractivity contribution in [2.45, 2.75) is 4.90 Å². The van der Waals surface area contributed by atoms with Crippen LogP contribution in [0.2, 0.25) is 5.02 Å². The fourth-order valence-corrected chi connectivity index (χ4v) is 4.10. The second-order valence-corrected chi connectivity index (χ2v) is 8.27. The monoisotopic (exact) mass is 411 g/mol. The zero-order valence-corrected chi connectivity index (χ0v) is 16.0. The summed E-state index contributed by atoms with van der Waals surface area (Å²) in [6.07, 6.45) is 0. The quantitative estimate of drug-likeness (QED) is 0.818. The molecule has 0 saturated carbocycles. The van der Waals surface area contributed by atoms with Crippen LogP contribution in [0.1, 0.15) is 0 Å². The van der Waals surface area contributed by atoms with Crippen molar-refractivity contribution >= 4 is 33.2 Å². The molecule has 1 N–H and O–H groups in total. The minimum absolute atomic E-state index is 0.0831. The van der Waals surface area contributed by atoms with Gasteiger partial charge in [-0.15, -0.1) is 0 Å². The van der Waals surface area contributed by atoms with Crippen LogP contribution in [0.15, 0.2) is 53.4 Å². The van der Waals surface area contributed by atoms with Crippen LogP contribution in [0, 0.1) is 5.82 Å². The zero-order valence-electron chi connectivity index (χ0n) is 14.4. The third-order valence-electron chi connectivity index (χ3n) is 4.36. The number of amides is 1. The first-order valence-corrected chi connectivity index (χ1v) is 10.3. The lowest BCUT2D eigenvalue weighted by Crippen LogP contribution is -2.51. The predicted octanol–water partition coefficient (Wildman–Crippen LogP) is 2.11. The zero-order chi connectivity index (χ0) is 19.4. The number of nitrogens with one attached hydrogen (secondary N) is 1. The van der Waals surface area contributed by atoms with Gasteiger partial charge in [-0.05, 0) is 36.4 Å². The minimum Gasteiger partial charge on any atom is -0.367 e. The molecule has 0 spiro atoms. The topological polar surface area (TPSA) is 69.7 Å². The normalized spacial score (nSPS) is 15.0. The number of piperazine rings is 1. The number of hydrogen-bond donors (Lipinski definition) is 1. The highest BCUT2D eigenvalue weighted by molar-refractivity contribution is 7.89. The smallest absolute Gasteiger partial charge is 0.241 e. The molecule has 0 unspecified atom stereocenters. The summed E-state index contributed by atoms with van der Waals surface area (Å²) in [7, 11) is -3.86. The molecule has 6 nitrogen and oxygen atoms in total. The molecule has 1 saturated heterocycles. The van der Waals surface area contributed by atoms with Crippen molar-refractivity contribution in [3.63, 3.8) is 0 Å². The Balaban J connectivity index is 1.54. The molecule has 144 valence electrons. The summed E-state index contributed by atoms with van der Waals surface area (Å²) in [4.78, 5) is 16.0. The summed E-state index contributed by atoms with van der Waals surface area (Å²) >= 11 is 6.20. The molecule has 9 heteroatoms. The Morgan fingerprint density at radius 1 is 1.04 bits per heavy atom. The van der Waals surface area contributed by atoms with E-state index in [1.54, 1.807) is 4.90 Å². The highest BCUT2D eigenvalue weighted by atomic mass is 35.5. The van der Waals surface area contributed by atoms with Gasteiger partial charge in [0, 0.05) is 26.2 Å². The molecule has 0 aliphatic carbocycles. The molecule has 0 bridgehead atoms. The van der Waals surface area contributed by atoms with E-state index in [1.165, 1.54) is 0 Å². The third kappa shape index (κ3) is 4.77. The summed E-state index contributed by atoms with van der Waals surface area (Å²) in [5.74, 6) is -0.832. The molecule has 1 aliphatic rings. The molecule has 1 fully saturated rings. The number of halogens is 2. The van der Waals surface area contributed by atoms with Crippen molar-refractivity contribution < 1.29 is 17.6 Å². The molecule has 2 aromatic carbocycles. The standard InChI is InChI=1S/C18H19ClFN3O3S/c19-16-3-1-2-4-17(16)22-9-11-23(12-10-22)18(24)13-21-27(25,26)15-7-5-14(20)6-8-15/h1-8,21H,9-13H2. The van der Waals surface area contributed by atoms with Crippen LogP contribution in [0.25, 0.3) is 0 Å². The van der Waals surface area contributed by atoms with E-state index in [4.69, 9.17) is 11.6 Å². The Morgan fingerprint density at radius 2 is 1.67 bits per heavy atom. The van der Waals surface area contributed by atoms with Crippen LogP contribution >= 0.6 is 11.6 Å². The fraction of sp³-hybridized carbons (Fsp3) is 0.278. The van der Waals surface area contributed by atoms with Crippen molar-refractivity contribution in [3.8, 4) is 0 Å². The highest BCUT2D eigenvalue weighted by Crippen LogP contribution is 2.26. The van der Waals surface area contributed by atoms with Crippen molar-refractivity contribution in [1.82, 2.24) is 9.62 Å². The molecule has 3 rings (SSSR count). The van der Waals surface area contributed by atoms with Crippen molar-refractivity contribution in [1.29, 1.82) is 0 Å². The molecule has 0 aromatic heterocycles. The van der Waals surface area contributed by atoms with Gasteiger partial charge in [0.1, 0.15) is 5.82 Å². The lowest BCUT2D eigenvalue weighted by Gasteiger charge is -2.36. The van der Waals surface area contributed by atoms with Gasteiger partial charge in [0.05, 0.1) is 22.2 Å². The molecular weight excluding hydrogens is 393 g/mol. The lowest BCUT2D eigenvalue weighted by molar-refractivity contribution is -0.130. The van der Waals surface area contributed by atoms with E-state index >= 15 is 0 Å². The van der Waals surface area contributed by atoms with Gasteiger partial charge in [0.25, 0.3) is 0 Å². The molecule has 2 aromatic rings. The van der Waals surface area contributed by atoms with Crippen molar-refractivity contribution in [2.24, 2.45) is 0 Å². The molecule has 0 radical (unpaired) electrons. The molecule has 1 heterocycles. The number of benzene rings is 2. The van der Waals surface area contributed by atoms with Gasteiger partial charge in [-0.1, -0.05) is 23.7 Å². The maximum atomic E-state index is 12.9. The van der Waals surface area contributed by atoms with Crippen molar-refractivity contribution in [2.75, 3.05) is 37.6 Å². The van der Waals surface area contributed by atoms with E-state index in [-0.39, 0.29) is 17.3 Å². The number of para-hydroxylation sites is 1. The second-order valence-electron chi connectivity index (χ2n) is 6.10. The van der Waals surface area contributed by atoms with Gasteiger partial charge in [-0.2, -0.15) is 0 Å². The first kappa shape index (κ1) is 19.6. The van der Waals surface area contributed by atoms with E-state index in [0.29, 0.717) is 31.2 Å². The van der Waals surface area contributed by atoms with Gasteiger partial charge in [-0.25, -0.2) is 17.5 Å². The second kappa shape index (κ2) is 8.24. The average molecular weight is 412 g/mol. The van der Waals surface area contributed by atoms with Crippen LogP contribution in [0.5, 0.6) is 0 Å². The summed E-state index contributed by atoms with van der Waals surface area (Å²) in [5, 5.41) is 0.657. The Morgan fingerprint density at radius 3 is 2.30 bits per heavy atom. The molecule has 1 aliphatic heterocycles. The van der Waals surface area contributed by atoms with Crippen LogP contribution < -0.4 is 9.62 Å². The van der Waals surface area contributed by atoms with E-state index in [0.717, 1.165) is 30.0 Å². The number of sulfonamides is 1. The minimum atomic E-state index is -3.86. The van der Waals surface area contributed by atoms with Crippen LogP contribution in [-0.2, 0) is 14.8 Å². The SMILES string of the molecule is O=C(CNS(=O)(=O)c1ccc(F)cc1)N1CCN(c2ccccc2Cl)CC1. The lowest BCUT2D eigenvalue weighted by atomic mass is 10.2. The average Bonchev–Trinajstić information content (AvgIpc) is 2.67. The maximum Gasteiger partial charge on any atom is 0.241 e. The maximum absolute atomic E-state index is 12.9. The summed E-state index contributed by atoms with van der Waals surface area (Å²) in [5.41, 5.74) is 0.920. The molecule has 27 heavy (non-hydrogen) atoms. The van der Waals surface area contributed by atoms with E-state index < -0.39 is 15.8 Å². The first-order valence-electron chi connectivity index (χ1n) is 8.39. The number of anilines is 1. The van der Waals surface area contributed by atoms with E-state index in [2.05, 4.69) is 9.62 Å². The Hall–Kier alpha value is -2.16. The van der Waals surface area contributed by atoms with Gasteiger partial charge < -0.3 is 9.80 Å². The first-order chi connectivity index (χ1) is 12.9. The van der Waals surface area contributed by atoms with Crippen LogP contribution in [-0.4, -0.2) is 51.9 Å². The summed E-state index contributed by atoms with van der Waals surface area (Å²) in [6, 6.07) is 11.9. The van der Waals surface area contributed by atoms with Crippen molar-refractivity contribution in [3.05, 3.63) is 59.4 Å². The molecular formula is C18H19ClFN3O3S. The number of nitrogens with zero attached hydrogens (tertiary/aromatic N) is 2. The highest BCUT2D eigenvalue weighted by Gasteiger charge is 2.24. The van der Waals surface area contributed by atoms with Gasteiger partial charge in [0.2, 0.25) is 15.9 Å². The Kier molecular flexibility index (Phi) is 5.98. The number of carbonyl (C=O) groups is 1. The van der Waals surface area contributed by atoms with Gasteiger partial charge in [0.15, 0.2) is 0 Å². The summed E-state index contributed by atoms with van der Waals surface area (Å²) < 4.78 is 39.5. The number of carbonyl (C=O) groups excluding carboxylic acids is 1. The predicted molar refractivity (Wildman–Crippen MR) is 102 cm³/mol. The van der Waals surface area contributed by atoms with Gasteiger partial charge in [-0.3, -0.25) is 4.79 Å².